The molecular weight excluding hydrogens is 449 g/mol. The summed E-state index contributed by atoms with van der Waals surface area (Å²) >= 11 is 2.25. The second-order valence-corrected chi connectivity index (χ2v) is 7.28. The van der Waals surface area contributed by atoms with Crippen LogP contribution in [-0.4, -0.2) is 17.1 Å². The highest BCUT2D eigenvalue weighted by Crippen LogP contribution is 2.32. The summed E-state index contributed by atoms with van der Waals surface area (Å²) in [6.45, 7) is 0. The topological polar surface area (TPSA) is 57.2 Å². The summed E-state index contributed by atoms with van der Waals surface area (Å²) in [6.07, 6.45) is 1.64. The Hall–Kier alpha value is -2.93. The number of amides is 1. The summed E-state index contributed by atoms with van der Waals surface area (Å²) in [5, 5.41) is 5.12. The average molecular weight is 465 g/mol. The van der Waals surface area contributed by atoms with Gasteiger partial charge in [-0.25, -0.2) is 5.43 Å². The largest absolute Gasteiger partial charge is 0.350 e. The third-order valence-electron chi connectivity index (χ3n) is 4.25. The second kappa shape index (κ2) is 7.75. The van der Waals surface area contributed by atoms with E-state index >= 15 is 0 Å². The number of carbonyl (C=O) groups is 1. The van der Waals surface area contributed by atoms with Crippen molar-refractivity contribution < 1.29 is 4.79 Å². The summed E-state index contributed by atoms with van der Waals surface area (Å²) in [7, 11) is 0. The number of nitrogens with zero attached hydrogens (tertiary/aromatic N) is 1. The fourth-order valence-electron chi connectivity index (χ4n) is 2.99. The molecule has 4 rings (SSSR count). The van der Waals surface area contributed by atoms with Crippen LogP contribution < -0.4 is 5.43 Å². The van der Waals surface area contributed by atoms with Crippen LogP contribution >= 0.6 is 22.6 Å². The Labute approximate surface area is 170 Å². The molecule has 132 valence electrons. The van der Waals surface area contributed by atoms with E-state index in [1.165, 1.54) is 0 Å². The molecule has 0 spiro atoms. The SMILES string of the molecule is O=C(NN=Cc1ccc(I)cc1)c1[nH]c2ccccc2c1-c1ccccc1. The number of aromatic amines is 1. The molecule has 0 aliphatic heterocycles. The number of benzene rings is 3. The predicted molar refractivity (Wildman–Crippen MR) is 118 cm³/mol. The first-order chi connectivity index (χ1) is 13.2. The highest BCUT2D eigenvalue weighted by Gasteiger charge is 2.18. The van der Waals surface area contributed by atoms with Gasteiger partial charge in [-0.3, -0.25) is 4.79 Å². The van der Waals surface area contributed by atoms with E-state index in [-0.39, 0.29) is 5.91 Å². The lowest BCUT2D eigenvalue weighted by molar-refractivity contribution is 0.0951. The van der Waals surface area contributed by atoms with Crippen LogP contribution in [0, 0.1) is 3.57 Å². The van der Waals surface area contributed by atoms with Gasteiger partial charge in [0, 0.05) is 20.0 Å². The predicted octanol–water partition coefficient (Wildman–Crippen LogP) is 5.20. The van der Waals surface area contributed by atoms with Crippen molar-refractivity contribution in [1.82, 2.24) is 10.4 Å². The van der Waals surface area contributed by atoms with Crippen molar-refractivity contribution in [3.63, 3.8) is 0 Å². The number of nitrogens with one attached hydrogen (secondary N) is 2. The van der Waals surface area contributed by atoms with E-state index in [2.05, 4.69) is 38.1 Å². The molecule has 1 heterocycles. The molecule has 2 N–H and O–H groups in total. The standard InChI is InChI=1S/C22H16IN3O/c23-17-12-10-15(11-13-17)14-24-26-22(27)21-20(16-6-2-1-3-7-16)18-8-4-5-9-19(18)25-21/h1-14,25H,(H,26,27). The van der Waals surface area contributed by atoms with Crippen molar-refractivity contribution in [2.24, 2.45) is 5.10 Å². The van der Waals surface area contributed by atoms with E-state index in [4.69, 9.17) is 0 Å². The van der Waals surface area contributed by atoms with E-state index in [0.29, 0.717) is 5.69 Å². The van der Waals surface area contributed by atoms with Gasteiger partial charge in [-0.15, -0.1) is 0 Å². The van der Waals surface area contributed by atoms with Crippen LogP contribution in [0.25, 0.3) is 22.0 Å². The summed E-state index contributed by atoms with van der Waals surface area (Å²) in [6, 6.07) is 25.7. The van der Waals surface area contributed by atoms with E-state index in [9.17, 15) is 4.79 Å². The van der Waals surface area contributed by atoms with Gasteiger partial charge in [0.1, 0.15) is 5.69 Å². The van der Waals surface area contributed by atoms with Crippen LogP contribution in [0.15, 0.2) is 84.0 Å². The van der Waals surface area contributed by atoms with Gasteiger partial charge in [-0.2, -0.15) is 5.10 Å². The highest BCUT2D eigenvalue weighted by molar-refractivity contribution is 14.1. The first-order valence-corrected chi connectivity index (χ1v) is 9.55. The van der Waals surface area contributed by atoms with Crippen molar-refractivity contribution in [3.05, 3.63) is 93.7 Å². The molecule has 0 radical (unpaired) electrons. The Morgan fingerprint density at radius 3 is 2.41 bits per heavy atom. The molecule has 3 aromatic carbocycles. The van der Waals surface area contributed by atoms with Gasteiger partial charge in [0.05, 0.1) is 6.21 Å². The van der Waals surface area contributed by atoms with Gasteiger partial charge in [0.15, 0.2) is 0 Å². The third-order valence-corrected chi connectivity index (χ3v) is 4.96. The smallest absolute Gasteiger partial charge is 0.288 e. The summed E-state index contributed by atoms with van der Waals surface area (Å²) in [5.74, 6) is -0.271. The fourth-order valence-corrected chi connectivity index (χ4v) is 3.35. The minimum atomic E-state index is -0.271. The van der Waals surface area contributed by atoms with Gasteiger partial charge in [-0.05, 0) is 51.9 Å². The number of rotatable bonds is 4. The maximum atomic E-state index is 12.8. The lowest BCUT2D eigenvalue weighted by Crippen LogP contribution is -2.18. The third kappa shape index (κ3) is 3.78. The van der Waals surface area contributed by atoms with E-state index < -0.39 is 0 Å². The number of para-hydroxylation sites is 1. The van der Waals surface area contributed by atoms with Crippen LogP contribution in [0.1, 0.15) is 16.1 Å². The maximum absolute atomic E-state index is 12.8. The van der Waals surface area contributed by atoms with Crippen molar-refractivity contribution in [2.45, 2.75) is 0 Å². The van der Waals surface area contributed by atoms with Gasteiger partial charge < -0.3 is 4.98 Å². The number of H-pyrrole nitrogens is 1. The van der Waals surface area contributed by atoms with Crippen molar-refractivity contribution >= 4 is 45.6 Å². The zero-order valence-electron chi connectivity index (χ0n) is 14.3. The highest BCUT2D eigenvalue weighted by atomic mass is 127. The molecule has 0 aliphatic carbocycles. The van der Waals surface area contributed by atoms with Crippen LogP contribution in [0.2, 0.25) is 0 Å². The summed E-state index contributed by atoms with van der Waals surface area (Å²) in [4.78, 5) is 16.0. The quantitative estimate of drug-likeness (QED) is 0.243. The molecule has 1 aromatic heterocycles. The molecule has 0 saturated carbocycles. The van der Waals surface area contributed by atoms with Crippen LogP contribution in [0.3, 0.4) is 0 Å². The van der Waals surface area contributed by atoms with Crippen molar-refractivity contribution in [2.75, 3.05) is 0 Å². The monoisotopic (exact) mass is 465 g/mol. The summed E-state index contributed by atoms with van der Waals surface area (Å²) in [5.41, 5.74) is 6.85. The lowest BCUT2D eigenvalue weighted by Gasteiger charge is -2.04. The second-order valence-electron chi connectivity index (χ2n) is 6.04. The lowest BCUT2D eigenvalue weighted by atomic mass is 10.0. The maximum Gasteiger partial charge on any atom is 0.288 e. The number of hydrogen-bond acceptors (Lipinski definition) is 2. The zero-order chi connectivity index (χ0) is 18.6. The molecule has 0 fully saturated rings. The minimum absolute atomic E-state index is 0.271. The number of carbonyl (C=O) groups excluding carboxylic acids is 1. The number of hydrazone groups is 1. The molecular formula is C22H16IN3O. The first-order valence-electron chi connectivity index (χ1n) is 8.47. The van der Waals surface area contributed by atoms with Gasteiger partial charge in [0.25, 0.3) is 5.91 Å². The molecule has 0 unspecified atom stereocenters. The van der Waals surface area contributed by atoms with E-state index in [1.807, 2.05) is 78.9 Å². The van der Waals surface area contributed by atoms with E-state index in [1.54, 1.807) is 6.21 Å². The Bertz CT molecular complexity index is 1120. The van der Waals surface area contributed by atoms with Gasteiger partial charge >= 0.3 is 0 Å². The van der Waals surface area contributed by atoms with Crippen LogP contribution in [0.4, 0.5) is 0 Å². The normalized spacial score (nSPS) is 11.1. The van der Waals surface area contributed by atoms with Crippen molar-refractivity contribution in [3.8, 4) is 11.1 Å². The molecule has 4 nitrogen and oxygen atoms in total. The molecule has 1 amide bonds. The Morgan fingerprint density at radius 2 is 1.63 bits per heavy atom. The number of halogens is 1. The van der Waals surface area contributed by atoms with E-state index in [0.717, 1.165) is 31.2 Å². The van der Waals surface area contributed by atoms with Gasteiger partial charge in [-0.1, -0.05) is 60.7 Å². The Kier molecular flexibility index (Phi) is 5.02. The molecule has 0 aliphatic rings. The first kappa shape index (κ1) is 17.5. The number of fused-ring (bicyclic) bond motifs is 1. The fraction of sp³-hybridized carbons (Fsp3) is 0. The molecule has 0 bridgehead atoms. The molecule has 0 atom stereocenters. The Balaban J connectivity index is 1.66. The molecule has 0 saturated heterocycles. The molecule has 5 heteroatoms. The van der Waals surface area contributed by atoms with Crippen molar-refractivity contribution in [1.29, 1.82) is 0 Å². The summed E-state index contributed by atoms with van der Waals surface area (Å²) < 4.78 is 1.15. The molecule has 4 aromatic rings. The average Bonchev–Trinajstić information content (AvgIpc) is 3.10. The minimum Gasteiger partial charge on any atom is -0.350 e. The Morgan fingerprint density at radius 1 is 0.926 bits per heavy atom. The zero-order valence-corrected chi connectivity index (χ0v) is 16.5. The number of aromatic nitrogens is 1. The van der Waals surface area contributed by atoms with Crippen LogP contribution in [0.5, 0.6) is 0 Å². The van der Waals surface area contributed by atoms with Gasteiger partial charge in [0.2, 0.25) is 0 Å². The van der Waals surface area contributed by atoms with Crippen LogP contribution in [-0.2, 0) is 0 Å². The number of hydrogen-bond donors (Lipinski definition) is 2. The molecule has 27 heavy (non-hydrogen) atoms.